The predicted molar refractivity (Wildman–Crippen MR) is 119 cm³/mol. The fourth-order valence-corrected chi connectivity index (χ4v) is 5.36. The number of halogens is 1. The van der Waals surface area contributed by atoms with E-state index in [0.717, 1.165) is 4.31 Å². The van der Waals surface area contributed by atoms with Crippen molar-refractivity contribution in [1.29, 1.82) is 0 Å². The number of esters is 1. The van der Waals surface area contributed by atoms with Crippen LogP contribution in [0.5, 0.6) is 5.75 Å². The molecule has 0 aliphatic carbocycles. The largest absolute Gasteiger partial charge is 0.493 e. The van der Waals surface area contributed by atoms with Crippen LogP contribution in [0.15, 0.2) is 57.9 Å². The molecule has 1 fully saturated rings. The first-order chi connectivity index (χ1) is 15.9. The van der Waals surface area contributed by atoms with Crippen molar-refractivity contribution in [3.8, 4) is 17.1 Å². The maximum absolute atomic E-state index is 13.0. The van der Waals surface area contributed by atoms with Crippen molar-refractivity contribution in [3.63, 3.8) is 0 Å². The van der Waals surface area contributed by atoms with Gasteiger partial charge in [0.1, 0.15) is 11.8 Å². The third kappa shape index (κ3) is 5.02. The number of ether oxygens (including phenoxy) is 2. The summed E-state index contributed by atoms with van der Waals surface area (Å²) in [5.41, 5.74) is 0.650. The highest BCUT2D eigenvalue weighted by Gasteiger charge is 2.40. The Kier molecular flexibility index (Phi) is 6.96. The molecule has 1 aliphatic heterocycles. The molecule has 0 amide bonds. The maximum Gasteiger partial charge on any atom is 0.324 e. The lowest BCUT2D eigenvalue weighted by Crippen LogP contribution is -2.41. The second-order valence-electron chi connectivity index (χ2n) is 7.28. The number of sulfonamides is 1. The van der Waals surface area contributed by atoms with Crippen molar-refractivity contribution in [1.82, 2.24) is 14.4 Å². The molecule has 1 aromatic heterocycles. The van der Waals surface area contributed by atoms with Crippen LogP contribution in [0.2, 0.25) is 5.02 Å². The van der Waals surface area contributed by atoms with Crippen molar-refractivity contribution >= 4 is 27.6 Å². The average Bonchev–Trinajstić information content (AvgIpc) is 3.49. The highest BCUT2D eigenvalue weighted by Crippen LogP contribution is 2.29. The van der Waals surface area contributed by atoms with Crippen molar-refractivity contribution in [2.24, 2.45) is 0 Å². The molecule has 33 heavy (non-hydrogen) atoms. The molecule has 174 valence electrons. The Hall–Kier alpha value is -2.95. The molecule has 11 heteroatoms. The van der Waals surface area contributed by atoms with E-state index in [1.54, 1.807) is 12.1 Å². The average molecular weight is 492 g/mol. The van der Waals surface area contributed by atoms with E-state index in [4.69, 9.17) is 25.6 Å². The Morgan fingerprint density at radius 2 is 1.97 bits per heavy atom. The van der Waals surface area contributed by atoms with E-state index in [0.29, 0.717) is 41.6 Å². The summed E-state index contributed by atoms with van der Waals surface area (Å²) in [6.45, 7) is 2.31. The highest BCUT2D eigenvalue weighted by atomic mass is 35.5. The molecule has 1 aliphatic rings. The maximum atomic E-state index is 13.0. The van der Waals surface area contributed by atoms with Crippen molar-refractivity contribution in [3.05, 3.63) is 59.4 Å². The van der Waals surface area contributed by atoms with Gasteiger partial charge >= 0.3 is 5.97 Å². The fourth-order valence-electron chi connectivity index (χ4n) is 3.59. The van der Waals surface area contributed by atoms with Gasteiger partial charge in [0.05, 0.1) is 17.1 Å². The monoisotopic (exact) mass is 491 g/mol. The number of carbonyl (C=O) groups excluding carboxylic acids is 1. The first-order valence-electron chi connectivity index (χ1n) is 10.4. The molecule has 0 radical (unpaired) electrons. The van der Waals surface area contributed by atoms with Gasteiger partial charge in [-0.25, -0.2) is 8.42 Å². The minimum atomic E-state index is -3.87. The van der Waals surface area contributed by atoms with Crippen LogP contribution in [-0.4, -0.2) is 48.0 Å². The number of nitrogens with zero attached hydrogens (tertiary/aromatic N) is 3. The van der Waals surface area contributed by atoms with Crippen LogP contribution in [0, 0.1) is 0 Å². The molecule has 0 spiro atoms. The second-order valence-corrected chi connectivity index (χ2v) is 9.60. The Labute approximate surface area is 196 Å². The molecule has 3 aromatic rings. The van der Waals surface area contributed by atoms with Gasteiger partial charge in [0, 0.05) is 11.6 Å². The van der Waals surface area contributed by atoms with E-state index in [1.165, 1.54) is 24.3 Å². The Morgan fingerprint density at radius 1 is 1.21 bits per heavy atom. The summed E-state index contributed by atoms with van der Waals surface area (Å²) >= 11 is 5.86. The minimum absolute atomic E-state index is 0.0705. The summed E-state index contributed by atoms with van der Waals surface area (Å²) in [5.74, 6) is 0.338. The SMILES string of the molecule is CCOc1ccccc1-c1noc(COC(=O)[C@@H]2CCCN2S(=O)(=O)c2ccc(Cl)cc2)n1. The third-order valence-corrected chi connectivity index (χ3v) is 7.30. The molecule has 2 aromatic carbocycles. The molecule has 9 nitrogen and oxygen atoms in total. The van der Waals surface area contributed by atoms with Gasteiger partial charge in [0.2, 0.25) is 15.8 Å². The summed E-state index contributed by atoms with van der Waals surface area (Å²) in [4.78, 5) is 17.1. The summed E-state index contributed by atoms with van der Waals surface area (Å²) in [6, 6.07) is 12.1. The smallest absolute Gasteiger partial charge is 0.324 e. The standard InChI is InChI=1S/C22H22ClN3O6S/c1-2-30-19-8-4-3-6-17(19)21-24-20(32-25-21)14-31-22(27)18-7-5-13-26(18)33(28,29)16-11-9-15(23)10-12-16/h3-4,6,8-12,18H,2,5,7,13-14H2,1H3/t18-/m0/s1. The minimum Gasteiger partial charge on any atom is -0.493 e. The van der Waals surface area contributed by atoms with Gasteiger partial charge in [-0.05, 0) is 56.2 Å². The zero-order chi connectivity index (χ0) is 23.4. The van der Waals surface area contributed by atoms with E-state index in [9.17, 15) is 13.2 Å². The number of hydrogen-bond donors (Lipinski definition) is 0. The van der Waals surface area contributed by atoms with Gasteiger partial charge in [-0.3, -0.25) is 4.79 Å². The topological polar surface area (TPSA) is 112 Å². The lowest BCUT2D eigenvalue weighted by Gasteiger charge is -2.22. The molecule has 2 heterocycles. The Balaban J connectivity index is 1.43. The predicted octanol–water partition coefficient (Wildman–Crippen LogP) is 3.69. The second kappa shape index (κ2) is 9.90. The highest BCUT2D eigenvalue weighted by molar-refractivity contribution is 7.89. The Bertz CT molecular complexity index is 1230. The molecule has 0 N–H and O–H groups in total. The third-order valence-electron chi connectivity index (χ3n) is 5.13. The van der Waals surface area contributed by atoms with Gasteiger partial charge in [-0.15, -0.1) is 0 Å². The summed E-state index contributed by atoms with van der Waals surface area (Å²) in [6.07, 6.45) is 0.911. The number of carbonyl (C=O) groups is 1. The van der Waals surface area contributed by atoms with Crippen molar-refractivity contribution < 1.29 is 27.2 Å². The van der Waals surface area contributed by atoms with Gasteiger partial charge in [-0.2, -0.15) is 9.29 Å². The molecule has 4 rings (SSSR count). The molecule has 1 atom stereocenters. The Morgan fingerprint density at radius 3 is 2.73 bits per heavy atom. The van der Waals surface area contributed by atoms with Gasteiger partial charge in [-0.1, -0.05) is 28.9 Å². The van der Waals surface area contributed by atoms with Crippen molar-refractivity contribution in [2.75, 3.05) is 13.2 Å². The molecule has 0 saturated carbocycles. The number of aromatic nitrogens is 2. The first-order valence-corrected chi connectivity index (χ1v) is 12.2. The molecular weight excluding hydrogens is 470 g/mol. The van der Waals surface area contributed by atoms with Crippen molar-refractivity contribution in [2.45, 2.75) is 37.3 Å². The number of hydrogen-bond acceptors (Lipinski definition) is 8. The number of rotatable bonds is 8. The van der Waals surface area contributed by atoms with Gasteiger partial charge < -0.3 is 14.0 Å². The lowest BCUT2D eigenvalue weighted by atomic mass is 10.2. The zero-order valence-corrected chi connectivity index (χ0v) is 19.4. The molecule has 0 unspecified atom stereocenters. The molecule has 1 saturated heterocycles. The summed E-state index contributed by atoms with van der Waals surface area (Å²) in [5, 5.41) is 4.36. The quantitative estimate of drug-likeness (QED) is 0.438. The lowest BCUT2D eigenvalue weighted by molar-refractivity contribution is -0.149. The number of para-hydroxylation sites is 1. The van der Waals surface area contributed by atoms with E-state index >= 15 is 0 Å². The van der Waals surface area contributed by atoms with E-state index in [1.807, 2.05) is 19.1 Å². The normalized spacial score (nSPS) is 16.6. The van der Waals surface area contributed by atoms with Crippen LogP contribution in [0.25, 0.3) is 11.4 Å². The van der Waals surface area contributed by atoms with Crippen LogP contribution in [0.1, 0.15) is 25.7 Å². The van der Waals surface area contributed by atoms with Crippen LogP contribution < -0.4 is 4.74 Å². The first kappa shape index (κ1) is 23.2. The summed E-state index contributed by atoms with van der Waals surface area (Å²) < 4.78 is 43.3. The summed E-state index contributed by atoms with van der Waals surface area (Å²) in [7, 11) is -3.87. The van der Waals surface area contributed by atoms with Crippen LogP contribution in [0.4, 0.5) is 0 Å². The zero-order valence-electron chi connectivity index (χ0n) is 17.8. The molecular formula is C22H22ClN3O6S. The van der Waals surface area contributed by atoms with Crippen LogP contribution in [-0.2, 0) is 26.2 Å². The number of benzene rings is 2. The van der Waals surface area contributed by atoms with E-state index in [2.05, 4.69) is 10.1 Å². The molecule has 0 bridgehead atoms. The van der Waals surface area contributed by atoms with Gasteiger partial charge in [0.15, 0.2) is 6.61 Å². The van der Waals surface area contributed by atoms with Crippen LogP contribution >= 0.6 is 11.6 Å². The van der Waals surface area contributed by atoms with Gasteiger partial charge in [0.25, 0.3) is 5.89 Å². The fraction of sp³-hybridized carbons (Fsp3) is 0.318. The van der Waals surface area contributed by atoms with E-state index < -0.39 is 22.0 Å². The van der Waals surface area contributed by atoms with Crippen LogP contribution in [0.3, 0.4) is 0 Å². The van der Waals surface area contributed by atoms with E-state index in [-0.39, 0.29) is 23.9 Å².